The number of rotatable bonds is 6. The van der Waals surface area contributed by atoms with Crippen LogP contribution in [0, 0.1) is 10.8 Å². The Morgan fingerprint density at radius 1 is 1.29 bits per heavy atom. The van der Waals surface area contributed by atoms with Crippen LogP contribution in [0.3, 0.4) is 0 Å². The molecule has 0 heterocycles. The largest absolute Gasteiger partial charge is 0.445 e. The van der Waals surface area contributed by atoms with Gasteiger partial charge < -0.3 is 15.5 Å². The molecule has 0 aromatic heterocycles. The van der Waals surface area contributed by atoms with Crippen LogP contribution in [-0.2, 0) is 4.74 Å². The van der Waals surface area contributed by atoms with Crippen molar-refractivity contribution in [1.82, 2.24) is 10.6 Å². The molecule has 3 N–H and O–H groups in total. The number of carbonyl (C=O) groups is 1. The van der Waals surface area contributed by atoms with Gasteiger partial charge in [-0.15, -0.1) is 0 Å². The van der Waals surface area contributed by atoms with Crippen molar-refractivity contribution in [2.75, 3.05) is 13.2 Å². The van der Waals surface area contributed by atoms with Gasteiger partial charge in [-0.05, 0) is 12.5 Å². The van der Waals surface area contributed by atoms with Crippen LogP contribution in [0.15, 0.2) is 11.9 Å². The number of amides is 1. The van der Waals surface area contributed by atoms with E-state index < -0.39 is 9.89 Å². The number of ether oxygens (including phenoxy) is 1. The Bertz CT molecular complexity index is 398. The minimum atomic E-state index is -1.66. The molecule has 0 aliphatic rings. The van der Waals surface area contributed by atoms with Gasteiger partial charge in [-0.2, -0.15) is 0 Å². The number of alkyl halides is 3. The van der Waals surface area contributed by atoms with Gasteiger partial charge in [0.1, 0.15) is 12.4 Å². The van der Waals surface area contributed by atoms with Crippen LogP contribution in [0.4, 0.5) is 4.79 Å². The zero-order chi connectivity index (χ0) is 16.7. The molecule has 0 aromatic carbocycles. The van der Waals surface area contributed by atoms with Crippen LogP contribution in [0.2, 0.25) is 0 Å². The van der Waals surface area contributed by atoms with Gasteiger partial charge in [0.15, 0.2) is 0 Å². The van der Waals surface area contributed by atoms with Crippen LogP contribution in [0.5, 0.6) is 0 Å². The molecule has 0 aliphatic heterocycles. The van der Waals surface area contributed by atoms with Crippen molar-refractivity contribution in [2.24, 2.45) is 5.41 Å². The molecule has 5 nitrogen and oxygen atoms in total. The van der Waals surface area contributed by atoms with E-state index in [1.54, 1.807) is 6.08 Å². The number of alkyl carbamates (subject to hydrolysis) is 1. The Balaban J connectivity index is 4.73. The third kappa shape index (κ3) is 10.7. The van der Waals surface area contributed by atoms with Crippen molar-refractivity contribution in [3.63, 3.8) is 0 Å². The van der Waals surface area contributed by atoms with Crippen LogP contribution in [0.1, 0.15) is 34.1 Å². The normalized spacial score (nSPS) is 12.8. The lowest BCUT2D eigenvalue weighted by Crippen LogP contribution is -2.35. The first-order valence-corrected chi connectivity index (χ1v) is 7.64. The summed E-state index contributed by atoms with van der Waals surface area (Å²) in [4.78, 5) is 11.6. The maximum Gasteiger partial charge on any atom is 0.412 e. The highest BCUT2D eigenvalue weighted by Gasteiger charge is 2.22. The van der Waals surface area contributed by atoms with E-state index in [0.717, 1.165) is 6.42 Å². The molecule has 0 bridgehead atoms. The summed E-state index contributed by atoms with van der Waals surface area (Å²) in [6, 6.07) is 0. The zero-order valence-electron chi connectivity index (χ0n) is 12.6. The molecule has 0 aromatic rings. The Labute approximate surface area is 140 Å². The zero-order valence-corrected chi connectivity index (χ0v) is 14.9. The highest BCUT2D eigenvalue weighted by atomic mass is 35.6. The van der Waals surface area contributed by atoms with E-state index in [1.807, 2.05) is 27.7 Å². The van der Waals surface area contributed by atoms with Crippen molar-refractivity contribution in [2.45, 2.75) is 37.9 Å². The fraction of sp³-hybridized carbons (Fsp3) is 0.692. The van der Waals surface area contributed by atoms with Crippen molar-refractivity contribution in [1.29, 1.82) is 5.41 Å². The molecule has 0 fully saturated rings. The van der Waals surface area contributed by atoms with Gasteiger partial charge in [-0.25, -0.2) is 4.79 Å². The second-order valence-electron chi connectivity index (χ2n) is 5.46. The summed E-state index contributed by atoms with van der Waals surface area (Å²) in [7, 11) is 0. The fourth-order valence-corrected chi connectivity index (χ4v) is 1.21. The van der Waals surface area contributed by atoms with E-state index in [9.17, 15) is 4.79 Å². The van der Waals surface area contributed by atoms with Gasteiger partial charge in [-0.1, -0.05) is 62.5 Å². The molecule has 8 heteroatoms. The molecular formula is C13H22Cl3N3O2. The summed E-state index contributed by atoms with van der Waals surface area (Å²) in [5, 5.41) is 13.5. The maximum atomic E-state index is 11.6. The van der Waals surface area contributed by atoms with Gasteiger partial charge >= 0.3 is 6.09 Å². The average molecular weight is 359 g/mol. The Morgan fingerprint density at radius 3 is 2.29 bits per heavy atom. The molecule has 0 rings (SSSR count). The van der Waals surface area contributed by atoms with Gasteiger partial charge in [0.05, 0.1) is 0 Å². The summed E-state index contributed by atoms with van der Waals surface area (Å²) in [5.41, 5.74) is 0.0326. The van der Waals surface area contributed by atoms with Gasteiger partial charge in [0.2, 0.25) is 3.79 Å². The lowest BCUT2D eigenvalue weighted by Gasteiger charge is -2.19. The molecule has 0 saturated heterocycles. The smallest absolute Gasteiger partial charge is 0.412 e. The third-order valence-corrected chi connectivity index (χ3v) is 2.59. The van der Waals surface area contributed by atoms with Crippen molar-refractivity contribution in [3.05, 3.63) is 11.9 Å². The summed E-state index contributed by atoms with van der Waals surface area (Å²) < 4.78 is 3.13. The molecule has 0 saturated carbocycles. The van der Waals surface area contributed by atoms with E-state index in [1.165, 1.54) is 0 Å². The average Bonchev–Trinajstić information content (AvgIpc) is 2.31. The predicted octanol–water partition coefficient (Wildman–Crippen LogP) is 3.99. The minimum Gasteiger partial charge on any atom is -0.445 e. The lowest BCUT2D eigenvalue weighted by atomic mass is 9.90. The van der Waals surface area contributed by atoms with E-state index in [-0.39, 0.29) is 12.0 Å². The first kappa shape index (κ1) is 20.3. The number of halogens is 3. The molecule has 0 aliphatic carbocycles. The van der Waals surface area contributed by atoms with Crippen LogP contribution >= 0.6 is 34.8 Å². The van der Waals surface area contributed by atoms with Crippen molar-refractivity contribution in [3.8, 4) is 0 Å². The van der Waals surface area contributed by atoms with E-state index in [4.69, 9.17) is 44.9 Å². The SMILES string of the molecule is CCCN/C(=C\C(=N)C(C)(C)C)NC(=O)OCC(Cl)(Cl)Cl. The van der Waals surface area contributed by atoms with Gasteiger partial charge in [-0.3, -0.25) is 5.32 Å². The fourth-order valence-electron chi connectivity index (χ4n) is 1.05. The standard InChI is InChI=1S/C13H22Cl3N3O2/c1-5-6-18-10(7-9(17)12(2,3)4)19-11(20)21-8-13(14,15)16/h7,17-18H,5-6,8H2,1-4H3,(H,19,20)/b10-7+,17-9?. The summed E-state index contributed by atoms with van der Waals surface area (Å²) >= 11 is 16.5. The Morgan fingerprint density at radius 2 is 1.86 bits per heavy atom. The molecule has 0 spiro atoms. The Hall–Kier alpha value is -0.650. The van der Waals surface area contributed by atoms with E-state index in [2.05, 4.69) is 10.6 Å². The quantitative estimate of drug-likeness (QED) is 0.496. The number of hydrogen-bond donors (Lipinski definition) is 3. The van der Waals surface area contributed by atoms with Gasteiger partial charge in [0.25, 0.3) is 0 Å². The number of hydrogen-bond acceptors (Lipinski definition) is 4. The summed E-state index contributed by atoms with van der Waals surface area (Å²) in [6.45, 7) is 8.00. The molecule has 0 radical (unpaired) electrons. The van der Waals surface area contributed by atoms with E-state index >= 15 is 0 Å². The number of carbonyl (C=O) groups excluding carboxylic acids is 1. The van der Waals surface area contributed by atoms with Crippen LogP contribution < -0.4 is 10.6 Å². The number of nitrogens with one attached hydrogen (secondary N) is 3. The third-order valence-electron chi connectivity index (χ3n) is 2.27. The molecule has 122 valence electrons. The highest BCUT2D eigenvalue weighted by Crippen LogP contribution is 2.25. The van der Waals surface area contributed by atoms with Crippen LogP contribution in [0.25, 0.3) is 0 Å². The lowest BCUT2D eigenvalue weighted by molar-refractivity contribution is 0.150. The molecule has 1 amide bonds. The van der Waals surface area contributed by atoms with Crippen molar-refractivity contribution >= 4 is 46.6 Å². The van der Waals surface area contributed by atoms with Crippen LogP contribution in [-0.4, -0.2) is 28.7 Å². The summed E-state index contributed by atoms with van der Waals surface area (Å²) in [5.74, 6) is 0.381. The maximum absolute atomic E-state index is 11.6. The number of allylic oxidation sites excluding steroid dienone is 1. The molecule has 21 heavy (non-hydrogen) atoms. The molecular weight excluding hydrogens is 337 g/mol. The molecule has 0 unspecified atom stereocenters. The van der Waals surface area contributed by atoms with Gasteiger partial charge in [0, 0.05) is 17.7 Å². The second-order valence-corrected chi connectivity index (χ2v) is 7.98. The predicted molar refractivity (Wildman–Crippen MR) is 88.3 cm³/mol. The monoisotopic (exact) mass is 357 g/mol. The van der Waals surface area contributed by atoms with Crippen molar-refractivity contribution < 1.29 is 9.53 Å². The first-order chi connectivity index (χ1) is 9.45. The first-order valence-electron chi connectivity index (χ1n) is 6.51. The minimum absolute atomic E-state index is 0.331. The van der Waals surface area contributed by atoms with E-state index in [0.29, 0.717) is 18.1 Å². The molecule has 0 atom stereocenters. The Kier molecular flexibility index (Phi) is 8.44. The second kappa shape index (κ2) is 8.71. The summed E-state index contributed by atoms with van der Waals surface area (Å²) in [6.07, 6.45) is 1.66. The topological polar surface area (TPSA) is 74.2 Å². The highest BCUT2D eigenvalue weighted by molar-refractivity contribution is 6.67.